The number of nitrogens with one attached hydrogen (secondary N) is 3. The zero-order valence-corrected chi connectivity index (χ0v) is 20.9. The Labute approximate surface area is 209 Å². The van der Waals surface area contributed by atoms with Gasteiger partial charge in [-0.15, -0.1) is 0 Å². The Balaban J connectivity index is 1.41. The first-order valence-electron chi connectivity index (χ1n) is 12.4. The second kappa shape index (κ2) is 10.3. The van der Waals surface area contributed by atoms with Crippen LogP contribution in [0.5, 0.6) is 0 Å². The average Bonchev–Trinajstić information content (AvgIpc) is 3.32. The van der Waals surface area contributed by atoms with E-state index in [2.05, 4.69) is 26.0 Å². The van der Waals surface area contributed by atoms with E-state index in [1.54, 1.807) is 42.5 Å². The summed E-state index contributed by atoms with van der Waals surface area (Å²) in [5.41, 5.74) is 1.07. The molecule has 3 N–H and O–H groups in total. The van der Waals surface area contributed by atoms with Crippen molar-refractivity contribution >= 4 is 28.9 Å². The average molecular weight is 496 g/mol. The summed E-state index contributed by atoms with van der Waals surface area (Å²) in [6.07, 6.45) is 9.11. The van der Waals surface area contributed by atoms with Gasteiger partial charge >= 0.3 is 0 Å². The number of ether oxygens (including phenoxy) is 2. The molecule has 192 valence electrons. The lowest BCUT2D eigenvalue weighted by molar-refractivity contribution is 0.00732. The van der Waals surface area contributed by atoms with Gasteiger partial charge in [-0.1, -0.05) is 0 Å². The van der Waals surface area contributed by atoms with Crippen LogP contribution in [0.2, 0.25) is 0 Å². The van der Waals surface area contributed by atoms with Gasteiger partial charge in [0.2, 0.25) is 0 Å². The minimum absolute atomic E-state index is 0.0238. The minimum Gasteiger partial charge on any atom is -0.381 e. The summed E-state index contributed by atoms with van der Waals surface area (Å²) >= 11 is 0. The van der Waals surface area contributed by atoms with Crippen molar-refractivity contribution in [2.45, 2.75) is 62.8 Å². The number of carbonyl (C=O) groups is 1. The summed E-state index contributed by atoms with van der Waals surface area (Å²) in [4.78, 5) is 31.0. The molecule has 3 heterocycles. The number of carbonyl (C=O) groups excluding carboxylic acids is 1. The highest BCUT2D eigenvalue weighted by atomic mass is 16.5. The highest BCUT2D eigenvalue weighted by molar-refractivity contribution is 6.00. The number of nitrogens with zero attached hydrogens (tertiary/aromatic N) is 4. The van der Waals surface area contributed by atoms with Crippen LogP contribution in [-0.2, 0) is 9.47 Å². The minimum atomic E-state index is -0.253. The van der Waals surface area contributed by atoms with E-state index >= 15 is 0 Å². The van der Waals surface area contributed by atoms with E-state index in [0.717, 1.165) is 38.5 Å². The molecule has 5 rings (SSSR count). The number of methoxy groups -OCH3 is 2. The zero-order valence-electron chi connectivity index (χ0n) is 20.9. The Morgan fingerprint density at radius 3 is 2.58 bits per heavy atom. The number of rotatable bonds is 8. The van der Waals surface area contributed by atoms with Crippen LogP contribution in [0.3, 0.4) is 0 Å². The van der Waals surface area contributed by atoms with E-state index in [1.807, 2.05) is 12.3 Å². The number of hydrogen-bond acceptors (Lipinski definition) is 8. The Morgan fingerprint density at radius 1 is 1.11 bits per heavy atom. The van der Waals surface area contributed by atoms with Gasteiger partial charge in [0.1, 0.15) is 22.9 Å². The van der Waals surface area contributed by atoms with Crippen LogP contribution in [0.4, 0.5) is 17.3 Å². The fourth-order valence-corrected chi connectivity index (χ4v) is 5.12. The molecule has 11 heteroatoms. The molecular weight excluding hydrogens is 462 g/mol. The van der Waals surface area contributed by atoms with E-state index < -0.39 is 0 Å². The molecule has 3 aromatic heterocycles. The van der Waals surface area contributed by atoms with Crippen LogP contribution < -0.4 is 21.5 Å². The van der Waals surface area contributed by atoms with Gasteiger partial charge in [0, 0.05) is 39.6 Å². The van der Waals surface area contributed by atoms with Gasteiger partial charge in [-0.3, -0.25) is 9.59 Å². The standard InChI is InChI=1S/C25H33N7O4/c1-26-22-13-21(28-19-5-4-12-31(25(19)34)15-6-8-16(35-2)9-7-15)30-23-17(14-27-32(22)23)24(33)29-18-10-11-20(18)36-3/h4-5,12-16,18,20,26H,6-11H2,1-3H3,(H,28,30)(H,29,33)/t15-,16-,18-,20-/m0/s1. The van der Waals surface area contributed by atoms with Crippen molar-refractivity contribution in [2.24, 2.45) is 0 Å². The molecule has 1 amide bonds. The van der Waals surface area contributed by atoms with Gasteiger partial charge < -0.3 is 30.0 Å². The first-order chi connectivity index (χ1) is 17.5. The van der Waals surface area contributed by atoms with Crippen LogP contribution in [0, 0.1) is 0 Å². The Morgan fingerprint density at radius 2 is 1.92 bits per heavy atom. The summed E-state index contributed by atoms with van der Waals surface area (Å²) in [7, 11) is 5.16. The van der Waals surface area contributed by atoms with Gasteiger partial charge in [-0.05, 0) is 50.7 Å². The van der Waals surface area contributed by atoms with Gasteiger partial charge in [0.25, 0.3) is 11.5 Å². The molecule has 0 spiro atoms. The van der Waals surface area contributed by atoms with Crippen LogP contribution in [0.1, 0.15) is 54.9 Å². The number of hydrogen-bond donors (Lipinski definition) is 3. The fourth-order valence-electron chi connectivity index (χ4n) is 5.12. The molecule has 2 atom stereocenters. The maximum Gasteiger partial charge on any atom is 0.274 e. The summed E-state index contributed by atoms with van der Waals surface area (Å²) in [6, 6.07) is 5.49. The molecule has 0 radical (unpaired) electrons. The zero-order chi connectivity index (χ0) is 25.2. The number of anilines is 3. The van der Waals surface area contributed by atoms with Gasteiger partial charge in [0.15, 0.2) is 5.65 Å². The number of fused-ring (bicyclic) bond motifs is 1. The third-order valence-electron chi connectivity index (χ3n) is 7.41. The molecule has 11 nitrogen and oxygen atoms in total. The lowest BCUT2D eigenvalue weighted by Gasteiger charge is -2.35. The monoisotopic (exact) mass is 495 g/mol. The Hall–Kier alpha value is -3.44. The summed E-state index contributed by atoms with van der Waals surface area (Å²) < 4.78 is 14.2. The molecule has 0 saturated heterocycles. The lowest BCUT2D eigenvalue weighted by atomic mass is 9.89. The third-order valence-corrected chi connectivity index (χ3v) is 7.41. The van der Waals surface area contributed by atoms with Gasteiger partial charge in [-0.25, -0.2) is 4.98 Å². The van der Waals surface area contributed by atoms with Crippen molar-refractivity contribution in [2.75, 3.05) is 31.9 Å². The van der Waals surface area contributed by atoms with E-state index in [9.17, 15) is 9.59 Å². The number of aromatic nitrogens is 4. The van der Waals surface area contributed by atoms with E-state index in [4.69, 9.17) is 9.47 Å². The van der Waals surface area contributed by atoms with E-state index in [-0.39, 0.29) is 35.8 Å². The van der Waals surface area contributed by atoms with Gasteiger partial charge in [0.05, 0.1) is 24.4 Å². The molecule has 0 aliphatic heterocycles. The molecular formula is C25H33N7O4. The van der Waals surface area contributed by atoms with Crippen molar-refractivity contribution < 1.29 is 14.3 Å². The molecule has 2 aliphatic rings. The first-order valence-corrected chi connectivity index (χ1v) is 12.4. The SMILES string of the molecule is CNc1cc(Nc2cccn([C@H]3CC[C@H](OC)CC3)c2=O)nc2c(C(=O)N[C@H]3CC[C@@H]3OC)cnn12. The summed E-state index contributed by atoms with van der Waals surface area (Å²) in [5.74, 6) is 0.823. The van der Waals surface area contributed by atoms with E-state index in [0.29, 0.717) is 28.5 Å². The van der Waals surface area contributed by atoms with Crippen LogP contribution >= 0.6 is 0 Å². The normalized spacial score (nSPS) is 23.8. The maximum absolute atomic E-state index is 13.3. The maximum atomic E-state index is 13.3. The van der Waals surface area contributed by atoms with Crippen LogP contribution in [0.15, 0.2) is 35.4 Å². The summed E-state index contributed by atoms with van der Waals surface area (Å²) in [6.45, 7) is 0. The molecule has 36 heavy (non-hydrogen) atoms. The highest BCUT2D eigenvalue weighted by Crippen LogP contribution is 2.29. The number of amides is 1. The molecule has 2 saturated carbocycles. The Bertz CT molecular complexity index is 1290. The van der Waals surface area contributed by atoms with E-state index in [1.165, 1.54) is 6.20 Å². The summed E-state index contributed by atoms with van der Waals surface area (Å²) in [5, 5.41) is 13.6. The first kappa shape index (κ1) is 24.3. The van der Waals surface area contributed by atoms with Crippen molar-refractivity contribution in [3.63, 3.8) is 0 Å². The molecule has 0 aromatic carbocycles. The van der Waals surface area contributed by atoms with Crippen LogP contribution in [-0.4, -0.2) is 64.6 Å². The third kappa shape index (κ3) is 4.56. The quantitative estimate of drug-likeness (QED) is 0.436. The Kier molecular flexibility index (Phi) is 6.92. The molecule has 3 aromatic rings. The predicted molar refractivity (Wildman–Crippen MR) is 136 cm³/mol. The largest absolute Gasteiger partial charge is 0.381 e. The van der Waals surface area contributed by atoms with Crippen molar-refractivity contribution in [1.82, 2.24) is 24.5 Å². The van der Waals surface area contributed by atoms with Crippen molar-refractivity contribution in [3.8, 4) is 0 Å². The molecule has 0 unspecified atom stereocenters. The van der Waals surface area contributed by atoms with Crippen LogP contribution in [0.25, 0.3) is 5.65 Å². The van der Waals surface area contributed by atoms with Crippen molar-refractivity contribution in [3.05, 3.63) is 46.5 Å². The fraction of sp³-hybridized carbons (Fsp3) is 0.520. The predicted octanol–water partition coefficient (Wildman–Crippen LogP) is 2.71. The number of pyridine rings is 1. The van der Waals surface area contributed by atoms with Crippen molar-refractivity contribution in [1.29, 1.82) is 0 Å². The smallest absolute Gasteiger partial charge is 0.274 e. The highest BCUT2D eigenvalue weighted by Gasteiger charge is 2.33. The molecule has 0 bridgehead atoms. The van der Waals surface area contributed by atoms with Gasteiger partial charge in [-0.2, -0.15) is 9.61 Å². The molecule has 2 fully saturated rings. The molecule has 2 aliphatic carbocycles. The topological polar surface area (TPSA) is 124 Å². The lowest BCUT2D eigenvalue weighted by Crippen LogP contribution is -2.51. The second-order valence-corrected chi connectivity index (χ2v) is 9.43. The second-order valence-electron chi connectivity index (χ2n) is 9.43.